The predicted octanol–water partition coefficient (Wildman–Crippen LogP) is -0.208. The van der Waals surface area contributed by atoms with Crippen molar-refractivity contribution in [1.82, 2.24) is 9.80 Å². The Balaban J connectivity index is 1.67. The van der Waals surface area contributed by atoms with Gasteiger partial charge >= 0.3 is 0 Å². The fourth-order valence-corrected chi connectivity index (χ4v) is 8.79. The molecule has 3 saturated heterocycles. The predicted molar refractivity (Wildman–Crippen MR) is 111 cm³/mol. The Morgan fingerprint density at radius 2 is 1.33 bits per heavy atom. The van der Waals surface area contributed by atoms with E-state index in [1.165, 1.54) is 28.4 Å². The lowest BCUT2D eigenvalue weighted by molar-refractivity contribution is -0.171. The highest BCUT2D eigenvalue weighted by molar-refractivity contribution is 8.01. The molecule has 2 saturated carbocycles. The number of aliphatic hydroxyl groups excluding tert-OH is 3. The number of carbonyl (C=O) groups excluding carboxylic acids is 3. The van der Waals surface area contributed by atoms with E-state index in [0.29, 0.717) is 19.3 Å². The maximum absolute atomic E-state index is 14.1. The minimum atomic E-state index is -1.26. The molecule has 3 heterocycles. The van der Waals surface area contributed by atoms with Crippen LogP contribution >= 0.6 is 23.5 Å². The molecule has 3 N–H and O–H groups in total. The third kappa shape index (κ3) is 2.34. The fourth-order valence-electron chi connectivity index (χ4n) is 6.74. The monoisotopic (exact) mass is 456 g/mol. The van der Waals surface area contributed by atoms with Gasteiger partial charge in [-0.3, -0.25) is 14.4 Å². The number of Topliss-reactive ketones (excluding diaryl/α,β-unsaturated/α-hetero) is 1. The largest absolute Gasteiger partial charge is 0.393 e. The van der Waals surface area contributed by atoms with E-state index in [9.17, 15) is 29.7 Å². The van der Waals surface area contributed by atoms with Gasteiger partial charge in [0.1, 0.15) is 5.78 Å². The van der Waals surface area contributed by atoms with Crippen molar-refractivity contribution in [1.29, 1.82) is 0 Å². The lowest BCUT2D eigenvalue weighted by Gasteiger charge is -2.55. The Kier molecular flexibility index (Phi) is 4.80. The van der Waals surface area contributed by atoms with Crippen molar-refractivity contribution in [3.05, 3.63) is 0 Å². The number of amides is 2. The third-order valence-electron chi connectivity index (χ3n) is 8.16. The van der Waals surface area contributed by atoms with Gasteiger partial charge in [0.15, 0.2) is 9.74 Å². The van der Waals surface area contributed by atoms with E-state index < -0.39 is 46.1 Å². The van der Waals surface area contributed by atoms with Crippen molar-refractivity contribution >= 4 is 41.1 Å². The third-order valence-corrected chi connectivity index (χ3v) is 10.6. The smallest absolute Gasteiger partial charge is 0.261 e. The number of ketones is 1. The Morgan fingerprint density at radius 1 is 0.800 bits per heavy atom. The minimum absolute atomic E-state index is 0.00177. The van der Waals surface area contributed by atoms with E-state index in [4.69, 9.17) is 0 Å². The summed E-state index contributed by atoms with van der Waals surface area (Å²) in [5.41, 5.74) is 0. The summed E-state index contributed by atoms with van der Waals surface area (Å²) in [4.78, 5) is 41.5. The van der Waals surface area contributed by atoms with Crippen LogP contribution in [-0.4, -0.2) is 95.4 Å². The molecule has 30 heavy (non-hydrogen) atoms. The zero-order valence-corrected chi connectivity index (χ0v) is 18.7. The van der Waals surface area contributed by atoms with Crippen LogP contribution in [0.4, 0.5) is 0 Å². The van der Waals surface area contributed by atoms with Gasteiger partial charge in [-0.1, -0.05) is 0 Å². The second-order valence-corrected chi connectivity index (χ2v) is 11.4. The molecule has 166 valence electrons. The number of thioether (sulfide) groups is 2. The molecule has 10 heteroatoms. The van der Waals surface area contributed by atoms with Crippen molar-refractivity contribution in [2.45, 2.75) is 78.7 Å². The van der Waals surface area contributed by atoms with Crippen molar-refractivity contribution < 1.29 is 29.7 Å². The molecule has 0 radical (unpaired) electrons. The van der Waals surface area contributed by atoms with Gasteiger partial charge in [-0.2, -0.15) is 0 Å². The Labute approximate surface area is 183 Å². The van der Waals surface area contributed by atoms with E-state index >= 15 is 0 Å². The highest BCUT2D eigenvalue weighted by Gasteiger charge is 2.75. The summed E-state index contributed by atoms with van der Waals surface area (Å²) in [6, 6.07) is -1.31. The number of aliphatic hydroxyl groups is 3. The second kappa shape index (κ2) is 6.84. The van der Waals surface area contributed by atoms with E-state index in [2.05, 4.69) is 0 Å². The van der Waals surface area contributed by atoms with Crippen LogP contribution in [-0.2, 0) is 14.4 Å². The molecule has 5 rings (SSSR count). The summed E-state index contributed by atoms with van der Waals surface area (Å²) in [5, 5.41) is 32.2. The summed E-state index contributed by atoms with van der Waals surface area (Å²) >= 11 is 2.50. The van der Waals surface area contributed by atoms with Crippen LogP contribution < -0.4 is 0 Å². The maximum atomic E-state index is 14.1. The molecule has 2 aliphatic carbocycles. The molecule has 0 aromatic rings. The molecule has 0 bridgehead atoms. The molecule has 0 spiro atoms. The van der Waals surface area contributed by atoms with Gasteiger partial charge in [-0.15, -0.1) is 23.5 Å². The molecule has 0 aromatic carbocycles. The van der Waals surface area contributed by atoms with Gasteiger partial charge < -0.3 is 25.1 Å². The van der Waals surface area contributed by atoms with Crippen molar-refractivity contribution in [2.24, 2.45) is 11.8 Å². The van der Waals surface area contributed by atoms with E-state index in [1.54, 1.807) is 17.4 Å². The first-order valence-electron chi connectivity index (χ1n) is 10.6. The zero-order valence-electron chi connectivity index (χ0n) is 17.1. The molecule has 3 aliphatic heterocycles. The first kappa shape index (κ1) is 21.1. The van der Waals surface area contributed by atoms with Crippen molar-refractivity contribution in [3.8, 4) is 0 Å². The molecule has 0 unspecified atom stereocenters. The van der Waals surface area contributed by atoms with E-state index in [1.807, 2.05) is 0 Å². The average molecular weight is 457 g/mol. The van der Waals surface area contributed by atoms with Gasteiger partial charge in [-0.05, 0) is 38.2 Å². The van der Waals surface area contributed by atoms with Gasteiger partial charge in [0.2, 0.25) is 0 Å². The van der Waals surface area contributed by atoms with Crippen LogP contribution in [0.15, 0.2) is 0 Å². The first-order chi connectivity index (χ1) is 14.2. The minimum Gasteiger partial charge on any atom is -0.393 e. The second-order valence-electron chi connectivity index (χ2n) is 9.27. The molecular weight excluding hydrogens is 428 g/mol. The van der Waals surface area contributed by atoms with Gasteiger partial charge in [-0.25, -0.2) is 0 Å². The first-order valence-corrected chi connectivity index (χ1v) is 13.0. The van der Waals surface area contributed by atoms with Gasteiger partial charge in [0.25, 0.3) is 11.8 Å². The molecular formula is C20H28N2O6S2. The number of rotatable bonds is 2. The van der Waals surface area contributed by atoms with E-state index in [0.717, 1.165) is 0 Å². The molecule has 0 aromatic heterocycles. The Morgan fingerprint density at radius 3 is 1.97 bits per heavy atom. The highest BCUT2D eigenvalue weighted by atomic mass is 32.2. The van der Waals surface area contributed by atoms with Crippen LogP contribution in [0.1, 0.15) is 38.5 Å². The lowest BCUT2D eigenvalue weighted by Crippen LogP contribution is -2.75. The molecule has 2 amide bonds. The summed E-state index contributed by atoms with van der Waals surface area (Å²) < 4.78 is 0. The SMILES string of the molecule is CS[C@@]12C[C@H]3C(=O)CC[C@H](O)[C@H]3N1C(=O)[C@]1(SC)C[C@H]3[C@@H]([C@@H](O)CC[C@@H]3O)N1C2=O. The van der Waals surface area contributed by atoms with Gasteiger partial charge in [0, 0.05) is 24.7 Å². The maximum Gasteiger partial charge on any atom is 0.261 e. The van der Waals surface area contributed by atoms with Crippen molar-refractivity contribution in [2.75, 3.05) is 12.5 Å². The standard InChI is InChI=1S/C20H28N2O6S2/c1-29-19-7-9-11(23)3-5-13(25)15(9)21(19)18(28)20(30-2)8-10-12(24)4-6-14(26)16(10)22(20)17(19)27/h9-11,13-16,23,25-26H,3-8H2,1-2H3/t9-,10+,11+,13+,14+,15+,16+,19-,20-/m1/s1. The molecule has 5 fully saturated rings. The van der Waals surface area contributed by atoms with Crippen LogP contribution in [0.3, 0.4) is 0 Å². The van der Waals surface area contributed by atoms with Crippen LogP contribution in [0.25, 0.3) is 0 Å². The fraction of sp³-hybridized carbons (Fsp3) is 0.850. The Bertz CT molecular complexity index is 810. The summed E-state index contributed by atoms with van der Waals surface area (Å²) in [6.45, 7) is 0. The number of fused-ring (bicyclic) bond motifs is 6. The normalized spacial score (nSPS) is 50.3. The number of carbonyl (C=O) groups is 3. The zero-order chi connectivity index (χ0) is 21.6. The topological polar surface area (TPSA) is 118 Å². The number of hydrogen-bond acceptors (Lipinski definition) is 8. The Hall–Kier alpha value is -0.810. The van der Waals surface area contributed by atoms with Crippen LogP contribution in [0, 0.1) is 11.8 Å². The average Bonchev–Trinajstić information content (AvgIpc) is 3.29. The number of hydrogen-bond donors (Lipinski definition) is 3. The highest BCUT2D eigenvalue weighted by Crippen LogP contribution is 2.60. The molecule has 5 aliphatic rings. The number of nitrogens with zero attached hydrogens (tertiary/aromatic N) is 2. The summed E-state index contributed by atoms with van der Waals surface area (Å²) in [5.74, 6) is -1.48. The summed E-state index contributed by atoms with van der Waals surface area (Å²) in [7, 11) is 0. The summed E-state index contributed by atoms with van der Waals surface area (Å²) in [6.07, 6.45) is 3.05. The van der Waals surface area contributed by atoms with E-state index in [-0.39, 0.29) is 42.8 Å². The molecule has 8 nitrogen and oxygen atoms in total. The molecule has 9 atom stereocenters. The van der Waals surface area contributed by atoms with Crippen LogP contribution in [0.2, 0.25) is 0 Å². The lowest BCUT2D eigenvalue weighted by atomic mass is 9.80. The number of piperazine rings is 1. The van der Waals surface area contributed by atoms with Crippen molar-refractivity contribution in [3.63, 3.8) is 0 Å². The van der Waals surface area contributed by atoms with Gasteiger partial charge in [0.05, 0.1) is 30.4 Å². The quantitative estimate of drug-likeness (QED) is 0.523. The van der Waals surface area contributed by atoms with Crippen LogP contribution in [0.5, 0.6) is 0 Å².